The van der Waals surface area contributed by atoms with E-state index in [2.05, 4.69) is 119 Å². The van der Waals surface area contributed by atoms with Crippen LogP contribution in [0.15, 0.2) is 182 Å². The summed E-state index contributed by atoms with van der Waals surface area (Å²) in [6.45, 7) is 28.0. The van der Waals surface area contributed by atoms with Crippen LogP contribution in [-0.4, -0.2) is 28.4 Å². The van der Waals surface area contributed by atoms with E-state index in [9.17, 15) is 0 Å². The molecule has 0 N–H and O–H groups in total. The molecule has 0 amide bonds. The molecule has 0 fully saturated rings. The molecule has 0 atom stereocenters. The van der Waals surface area contributed by atoms with Crippen LogP contribution in [0.25, 0.3) is 11.1 Å². The van der Waals surface area contributed by atoms with Crippen molar-refractivity contribution in [1.82, 2.24) is 0 Å². The summed E-state index contributed by atoms with van der Waals surface area (Å²) in [7, 11) is 6.50. The Labute approximate surface area is 407 Å². The molecule has 6 aromatic carbocycles. The van der Waals surface area contributed by atoms with Crippen LogP contribution < -0.4 is 0 Å². The first kappa shape index (κ1) is 77.9. The maximum atomic E-state index is 4.25. The van der Waals surface area contributed by atoms with Gasteiger partial charge >= 0.3 is 0 Å². The van der Waals surface area contributed by atoms with Gasteiger partial charge in [0, 0.05) is 61.1 Å². The molecule has 2 nitrogen and oxygen atoms in total. The molecule has 0 aliphatic heterocycles. The van der Waals surface area contributed by atoms with Gasteiger partial charge in [0.05, 0.1) is 5.41 Å². The van der Waals surface area contributed by atoms with Gasteiger partial charge in [0.15, 0.2) is 0 Å². The van der Waals surface area contributed by atoms with Crippen molar-refractivity contribution >= 4 is 0 Å². The van der Waals surface area contributed by atoms with Crippen LogP contribution in [0.3, 0.4) is 0 Å². The Hall–Kier alpha value is -3.66. The molecular weight excluding hydrogens is 818 g/mol. The van der Waals surface area contributed by atoms with Gasteiger partial charge in [-0.25, -0.2) is 0 Å². The summed E-state index contributed by atoms with van der Waals surface area (Å²) in [5, 5.41) is 0. The van der Waals surface area contributed by atoms with Gasteiger partial charge in [0.1, 0.15) is 0 Å². The summed E-state index contributed by atoms with van der Waals surface area (Å²) >= 11 is 0. The second-order valence-corrected chi connectivity index (χ2v) is 9.70. The van der Waals surface area contributed by atoms with Crippen molar-refractivity contribution in [2.24, 2.45) is 0 Å². The molecule has 0 heterocycles. The van der Waals surface area contributed by atoms with Crippen molar-refractivity contribution < 1.29 is 42.2 Å². The average Bonchev–Trinajstić information content (AvgIpc) is 3.65. The van der Waals surface area contributed by atoms with Crippen molar-refractivity contribution in [2.75, 3.05) is 28.4 Å². The summed E-state index contributed by atoms with van der Waals surface area (Å²) in [6, 6.07) is 63.5. The molecule has 61 heavy (non-hydrogen) atoms. The Morgan fingerprint density at radius 1 is 0.279 bits per heavy atom. The maximum Gasteiger partial charge on any atom is 0.0713 e. The van der Waals surface area contributed by atoms with Crippen LogP contribution in [0.5, 0.6) is 0 Å². The van der Waals surface area contributed by atoms with Crippen molar-refractivity contribution in [3.05, 3.63) is 219 Å². The van der Waals surface area contributed by atoms with Crippen molar-refractivity contribution in [1.29, 1.82) is 0 Å². The van der Waals surface area contributed by atoms with E-state index in [4.69, 9.17) is 0 Å². The van der Waals surface area contributed by atoms with Gasteiger partial charge in [0.25, 0.3) is 0 Å². The molecule has 0 unspecified atom stereocenters. The number of hydrogen-bond acceptors (Lipinski definition) is 2. The van der Waals surface area contributed by atoms with E-state index >= 15 is 0 Å². The third-order valence-electron chi connectivity index (χ3n) is 6.70. The molecule has 7 rings (SSSR count). The van der Waals surface area contributed by atoms with Crippen LogP contribution in [0.4, 0.5) is 0 Å². The molecule has 0 saturated carbocycles. The minimum absolute atomic E-state index is 0. The van der Waals surface area contributed by atoms with E-state index in [0.29, 0.717) is 0 Å². The standard InChI is InChI=1S/C25H18.2C6H6.2C2H6O.7C2H6.CH4.2CH3.Y/c1-3-11-19(12-4-1)25(20-13-5-2-6-14-20)23-17-9-7-15-21(23)22-16-8-10-18-24(22)25;2*1-2-4-6-5-3-1;2*1-3-2;7*1-2;;;;/h1-18H;2*1-6H;2*1-2H3;7*1-2H3;1H4;2*1H3;/q;;;;;;;;;;;;;2*-1;. The first-order valence-electron chi connectivity index (χ1n) is 21.4. The van der Waals surface area contributed by atoms with Crippen LogP contribution in [0.2, 0.25) is 0 Å². The molecule has 343 valence electrons. The fourth-order valence-corrected chi connectivity index (χ4v) is 5.17. The van der Waals surface area contributed by atoms with E-state index in [1.165, 1.54) is 33.4 Å². The first-order chi connectivity index (χ1) is 28.2. The quantitative estimate of drug-likeness (QED) is 0.161. The molecule has 0 spiro atoms. The minimum atomic E-state index is -0.254. The Morgan fingerprint density at radius 3 is 0.623 bits per heavy atom. The van der Waals surface area contributed by atoms with E-state index in [1.807, 2.05) is 170 Å². The van der Waals surface area contributed by atoms with Gasteiger partial charge in [0.2, 0.25) is 0 Å². The average molecular weight is 912 g/mol. The molecule has 1 aliphatic rings. The number of fused-ring (bicyclic) bond motifs is 3. The first-order valence-corrected chi connectivity index (χ1v) is 21.4. The fraction of sp³-hybridized carbons (Fsp3) is 0.345. The number of methoxy groups -OCH3 is 2. The Morgan fingerprint density at radius 2 is 0.426 bits per heavy atom. The van der Waals surface area contributed by atoms with Crippen molar-refractivity contribution in [3.63, 3.8) is 0 Å². The summed E-state index contributed by atoms with van der Waals surface area (Å²) in [5.74, 6) is 0. The molecule has 6 aromatic rings. The zero-order valence-electron chi connectivity index (χ0n) is 42.2. The molecule has 3 heteroatoms. The topological polar surface area (TPSA) is 18.5 Å². The normalized spacial score (nSPS) is 8.56. The SMILES string of the molecule is C.CC.CC.CC.CC.CC.CC.CC.COC.COC.[CH3-].[CH3-].[Y].c1ccc(C2(c3ccccc3)c3ccccc3-c3ccccc32)cc1.c1ccccc1.c1ccccc1. The van der Waals surface area contributed by atoms with Crippen LogP contribution in [0, 0.1) is 14.9 Å². The Kier molecular flexibility index (Phi) is 80.4. The predicted molar refractivity (Wildman–Crippen MR) is 281 cm³/mol. The largest absolute Gasteiger partial charge is 0.388 e. The van der Waals surface area contributed by atoms with Crippen LogP contribution in [0.1, 0.15) is 127 Å². The molecule has 1 radical (unpaired) electrons. The third-order valence-corrected chi connectivity index (χ3v) is 6.70. The molecule has 0 aromatic heterocycles. The zero-order valence-corrected chi connectivity index (χ0v) is 45.1. The smallest absolute Gasteiger partial charge is 0.0713 e. The fourth-order valence-electron chi connectivity index (χ4n) is 5.17. The van der Waals surface area contributed by atoms with Gasteiger partial charge in [-0.2, -0.15) is 0 Å². The summed E-state index contributed by atoms with van der Waals surface area (Å²) in [4.78, 5) is 0. The van der Waals surface area contributed by atoms with Crippen LogP contribution >= 0.6 is 0 Å². The third kappa shape index (κ3) is 30.1. The van der Waals surface area contributed by atoms with Crippen molar-refractivity contribution in [3.8, 4) is 11.1 Å². The number of benzene rings is 6. The van der Waals surface area contributed by atoms with Gasteiger partial charge in [-0.05, 0) is 33.4 Å². The summed E-state index contributed by atoms with van der Waals surface area (Å²) < 4.78 is 8.50. The van der Waals surface area contributed by atoms with Gasteiger partial charge in [-0.3, -0.25) is 0 Å². The maximum absolute atomic E-state index is 4.25. The number of hydrogen-bond donors (Lipinski definition) is 0. The second kappa shape index (κ2) is 63.0. The molecular formula is C58H94O2Y-2. The Bertz CT molecular complexity index is 1370. The predicted octanol–water partition coefficient (Wildman–Crippen LogP) is 18.7. The zero-order chi connectivity index (χ0) is 44.6. The van der Waals surface area contributed by atoms with Gasteiger partial charge in [-0.15, -0.1) is 0 Å². The van der Waals surface area contributed by atoms with E-state index < -0.39 is 0 Å². The molecule has 0 saturated heterocycles. The molecule has 0 bridgehead atoms. The second-order valence-electron chi connectivity index (χ2n) is 9.70. The summed E-state index contributed by atoms with van der Waals surface area (Å²) in [6.07, 6.45) is 0. The van der Waals surface area contributed by atoms with E-state index in [-0.39, 0.29) is 60.4 Å². The van der Waals surface area contributed by atoms with Gasteiger partial charge < -0.3 is 24.3 Å². The van der Waals surface area contributed by atoms with Crippen LogP contribution in [-0.2, 0) is 47.6 Å². The van der Waals surface area contributed by atoms with E-state index in [1.54, 1.807) is 28.4 Å². The van der Waals surface area contributed by atoms with Crippen molar-refractivity contribution in [2.45, 2.75) is 110 Å². The van der Waals surface area contributed by atoms with Gasteiger partial charge in [-0.1, -0.05) is 286 Å². The minimum Gasteiger partial charge on any atom is -0.388 e. The van der Waals surface area contributed by atoms with E-state index in [0.717, 1.165) is 0 Å². The monoisotopic (exact) mass is 912 g/mol. The Balaban J connectivity index is -0.0000000900. The molecule has 1 aliphatic carbocycles. The number of rotatable bonds is 2. The summed E-state index contributed by atoms with van der Waals surface area (Å²) in [5.41, 5.74) is 7.80. The number of ether oxygens (including phenoxy) is 2.